The van der Waals surface area contributed by atoms with Gasteiger partial charge in [-0.3, -0.25) is 0 Å². The summed E-state index contributed by atoms with van der Waals surface area (Å²) >= 11 is 0. The first kappa shape index (κ1) is 19.6. The summed E-state index contributed by atoms with van der Waals surface area (Å²) in [5.41, 5.74) is -4.76. The van der Waals surface area contributed by atoms with Crippen molar-refractivity contribution < 1.29 is 25.8 Å². The molecule has 1 aromatic rings. The van der Waals surface area contributed by atoms with E-state index >= 15 is 0 Å². The molecule has 0 heterocycles. The van der Waals surface area contributed by atoms with Crippen LogP contribution in [0.2, 0.25) is 0 Å². The van der Waals surface area contributed by atoms with E-state index in [1.807, 2.05) is 56.3 Å². The van der Waals surface area contributed by atoms with Gasteiger partial charge in [-0.1, -0.05) is 62.9 Å². The van der Waals surface area contributed by atoms with Gasteiger partial charge in [-0.05, 0) is 29.7 Å². The van der Waals surface area contributed by atoms with E-state index in [1.54, 1.807) is 0 Å². The third-order valence-electron chi connectivity index (χ3n) is 4.89. The van der Waals surface area contributed by atoms with Gasteiger partial charge >= 0.3 is 15.6 Å². The second-order valence-electron chi connectivity index (χ2n) is 6.80. The Labute approximate surface area is 146 Å². The van der Waals surface area contributed by atoms with E-state index in [1.165, 1.54) is 0 Å². The highest BCUT2D eigenvalue weighted by Crippen LogP contribution is 2.56. The summed E-state index contributed by atoms with van der Waals surface area (Å²) in [5.74, 6) is -0.559. The summed E-state index contributed by atoms with van der Waals surface area (Å²) in [5, 5.41) is 0. The lowest BCUT2D eigenvalue weighted by atomic mass is 9.53. The highest BCUT2D eigenvalue weighted by molar-refractivity contribution is 7.87. The second kappa shape index (κ2) is 6.86. The van der Waals surface area contributed by atoms with Gasteiger partial charge in [0.2, 0.25) is 0 Å². The summed E-state index contributed by atoms with van der Waals surface area (Å²) in [6.07, 6.45) is 5.30. The molecule has 1 aliphatic rings. The van der Waals surface area contributed by atoms with Crippen molar-refractivity contribution in [2.24, 2.45) is 17.3 Å². The van der Waals surface area contributed by atoms with Crippen LogP contribution in [-0.4, -0.2) is 13.9 Å². The molecule has 0 aliphatic heterocycles. The van der Waals surface area contributed by atoms with Crippen molar-refractivity contribution in [1.29, 1.82) is 0 Å². The molecule has 0 bridgehead atoms. The van der Waals surface area contributed by atoms with Crippen LogP contribution in [0.5, 0.6) is 0 Å². The van der Waals surface area contributed by atoms with Gasteiger partial charge in [0.1, 0.15) is 5.76 Å². The first-order valence-electron chi connectivity index (χ1n) is 7.86. The molecule has 0 amide bonds. The fourth-order valence-corrected chi connectivity index (χ4v) is 3.63. The normalized spacial score (nSPS) is 23.2. The molecule has 2 rings (SSSR count). The SMILES string of the molecule is C=C(OS(=O)(=O)C(F)(F)F)[C@@H]1C[C@H](C/C=C\c2ccccc2)C1(C)C. The zero-order chi connectivity index (χ0) is 18.9. The van der Waals surface area contributed by atoms with Crippen molar-refractivity contribution in [3.63, 3.8) is 0 Å². The number of benzene rings is 1. The van der Waals surface area contributed by atoms with Gasteiger partial charge in [-0.25, -0.2) is 0 Å². The Morgan fingerprint density at radius 2 is 1.92 bits per heavy atom. The quantitative estimate of drug-likeness (QED) is 0.394. The molecule has 1 fully saturated rings. The van der Waals surface area contributed by atoms with Gasteiger partial charge in [0.15, 0.2) is 0 Å². The summed E-state index contributed by atoms with van der Waals surface area (Å²) in [7, 11) is -5.65. The zero-order valence-electron chi connectivity index (χ0n) is 14.1. The third-order valence-corrected chi connectivity index (χ3v) is 5.89. The van der Waals surface area contributed by atoms with E-state index in [0.29, 0.717) is 6.42 Å². The number of alkyl halides is 3. The molecule has 25 heavy (non-hydrogen) atoms. The molecular formula is C18H21F3O3S. The monoisotopic (exact) mass is 374 g/mol. The number of hydrogen-bond acceptors (Lipinski definition) is 3. The van der Waals surface area contributed by atoms with Gasteiger partial charge < -0.3 is 4.18 Å². The van der Waals surface area contributed by atoms with Gasteiger partial charge in [0, 0.05) is 5.92 Å². The maximum absolute atomic E-state index is 12.4. The molecule has 138 valence electrons. The molecule has 0 radical (unpaired) electrons. The van der Waals surface area contributed by atoms with E-state index in [2.05, 4.69) is 10.8 Å². The minimum Gasteiger partial charge on any atom is -0.381 e. The Bertz CT molecular complexity index is 750. The van der Waals surface area contributed by atoms with Gasteiger partial charge in [-0.15, -0.1) is 0 Å². The van der Waals surface area contributed by atoms with E-state index in [4.69, 9.17) is 0 Å². The Morgan fingerprint density at radius 1 is 1.32 bits per heavy atom. The van der Waals surface area contributed by atoms with Crippen LogP contribution in [0.15, 0.2) is 48.7 Å². The lowest BCUT2D eigenvalue weighted by Gasteiger charge is -2.52. The number of halogens is 3. The van der Waals surface area contributed by atoms with Crippen molar-refractivity contribution in [2.45, 2.75) is 32.2 Å². The van der Waals surface area contributed by atoms with Crippen LogP contribution in [0.3, 0.4) is 0 Å². The van der Waals surface area contributed by atoms with Gasteiger partial charge in [0.25, 0.3) is 0 Å². The molecule has 7 heteroatoms. The Balaban J connectivity index is 1.95. The molecule has 0 aromatic heterocycles. The molecule has 1 saturated carbocycles. The van der Waals surface area contributed by atoms with E-state index in [9.17, 15) is 21.6 Å². The molecule has 0 N–H and O–H groups in total. The number of hydrogen-bond donors (Lipinski definition) is 0. The average Bonchev–Trinajstić information content (AvgIpc) is 2.49. The topological polar surface area (TPSA) is 43.4 Å². The van der Waals surface area contributed by atoms with Crippen LogP contribution < -0.4 is 0 Å². The van der Waals surface area contributed by atoms with Crippen LogP contribution in [0.4, 0.5) is 13.2 Å². The molecule has 2 atom stereocenters. The fourth-order valence-electron chi connectivity index (χ4n) is 3.14. The Hall–Kier alpha value is -1.76. The summed E-state index contributed by atoms with van der Waals surface area (Å²) in [4.78, 5) is 0. The largest absolute Gasteiger partial charge is 0.534 e. The lowest BCUT2D eigenvalue weighted by molar-refractivity contribution is -0.0577. The Kier molecular flexibility index (Phi) is 5.37. The van der Waals surface area contributed by atoms with Gasteiger partial charge in [-0.2, -0.15) is 21.6 Å². The molecular weight excluding hydrogens is 353 g/mol. The fraction of sp³-hybridized carbons (Fsp3) is 0.444. The smallest absolute Gasteiger partial charge is 0.381 e. The minimum atomic E-state index is -5.65. The Morgan fingerprint density at radius 3 is 2.44 bits per heavy atom. The highest BCUT2D eigenvalue weighted by Gasteiger charge is 2.53. The molecule has 1 aromatic carbocycles. The lowest BCUT2D eigenvalue weighted by Crippen LogP contribution is -2.46. The summed E-state index contributed by atoms with van der Waals surface area (Å²) < 4.78 is 63.7. The molecule has 0 unspecified atom stereocenters. The van der Waals surface area contributed by atoms with Crippen molar-refractivity contribution >= 4 is 16.2 Å². The molecule has 0 spiro atoms. The predicted octanol–water partition coefficient (Wildman–Crippen LogP) is 5.13. The van der Waals surface area contributed by atoms with Crippen molar-refractivity contribution in [2.75, 3.05) is 0 Å². The molecule has 0 saturated heterocycles. The summed E-state index contributed by atoms with van der Waals surface area (Å²) in [6, 6.07) is 9.75. The third kappa shape index (κ3) is 4.26. The van der Waals surface area contributed by atoms with Gasteiger partial charge in [0.05, 0.1) is 0 Å². The van der Waals surface area contributed by atoms with E-state index < -0.39 is 21.5 Å². The van der Waals surface area contributed by atoms with Crippen molar-refractivity contribution in [3.8, 4) is 0 Å². The van der Waals surface area contributed by atoms with E-state index in [-0.39, 0.29) is 17.1 Å². The maximum Gasteiger partial charge on any atom is 0.534 e. The van der Waals surface area contributed by atoms with Crippen molar-refractivity contribution in [3.05, 3.63) is 54.3 Å². The summed E-state index contributed by atoms with van der Waals surface area (Å²) in [6.45, 7) is 7.19. The van der Waals surface area contributed by atoms with Crippen LogP contribution in [0.25, 0.3) is 6.08 Å². The number of rotatable bonds is 6. The van der Waals surface area contributed by atoms with Crippen molar-refractivity contribution in [1.82, 2.24) is 0 Å². The van der Waals surface area contributed by atoms with Crippen LogP contribution in [0, 0.1) is 17.3 Å². The maximum atomic E-state index is 12.4. The van der Waals surface area contributed by atoms with Crippen LogP contribution in [0.1, 0.15) is 32.3 Å². The predicted molar refractivity (Wildman–Crippen MR) is 90.7 cm³/mol. The first-order chi connectivity index (χ1) is 11.4. The standard InChI is InChI=1S/C18H21F3O3S/c1-13(24-25(22,23)18(19,20)21)16-12-15(17(16,2)3)11-7-10-14-8-5-4-6-9-14/h4-10,15-16H,1,11-12H2,2-3H3/b10-7-/t15-,16-/m0/s1. The minimum absolute atomic E-state index is 0.214. The number of allylic oxidation sites excluding steroid dienone is 2. The first-order valence-corrected chi connectivity index (χ1v) is 9.27. The molecule has 3 nitrogen and oxygen atoms in total. The zero-order valence-corrected chi connectivity index (χ0v) is 14.9. The molecule has 1 aliphatic carbocycles. The second-order valence-corrected chi connectivity index (χ2v) is 8.34. The highest BCUT2D eigenvalue weighted by atomic mass is 32.2. The average molecular weight is 374 g/mol. The van der Waals surface area contributed by atoms with Crippen LogP contribution >= 0.6 is 0 Å². The van der Waals surface area contributed by atoms with Crippen LogP contribution in [-0.2, 0) is 14.3 Å². The van der Waals surface area contributed by atoms with E-state index in [0.717, 1.165) is 12.0 Å².